The van der Waals surface area contributed by atoms with Crippen LogP contribution >= 0.6 is 24.4 Å². The lowest BCUT2D eigenvalue weighted by Gasteiger charge is -2.23. The topological polar surface area (TPSA) is 194 Å². The van der Waals surface area contributed by atoms with Crippen LogP contribution < -0.4 is 27.4 Å². The van der Waals surface area contributed by atoms with Crippen LogP contribution in [0.2, 0.25) is 0 Å². The van der Waals surface area contributed by atoms with Gasteiger partial charge in [-0.05, 0) is 18.4 Å². The van der Waals surface area contributed by atoms with Gasteiger partial charge in [-0.1, -0.05) is 0 Å². The number of carbonyl (C=O) groups is 5. The Morgan fingerprint density at radius 1 is 1.04 bits per heavy atom. The van der Waals surface area contributed by atoms with Gasteiger partial charge in [-0.15, -0.1) is 0 Å². The Labute approximate surface area is 166 Å². The zero-order valence-corrected chi connectivity index (χ0v) is 16.5. The number of thioether (sulfide) groups is 1. The number of carbonyl (C=O) groups excluding carboxylic acids is 4. The average molecular weight is 424 g/mol. The molecule has 0 aromatic carbocycles. The summed E-state index contributed by atoms with van der Waals surface area (Å²) < 4.78 is 0. The fourth-order valence-electron chi connectivity index (χ4n) is 1.90. The minimum atomic E-state index is -1.53. The number of hydrogen-bond donors (Lipinski definition) is 7. The molecule has 0 aliphatic carbocycles. The predicted octanol–water partition coefficient (Wildman–Crippen LogP) is -2.96. The first-order chi connectivity index (χ1) is 12.7. The normalized spacial score (nSPS) is 13.7. The summed E-state index contributed by atoms with van der Waals surface area (Å²) in [6, 6.07) is -3.62. The van der Waals surface area contributed by atoms with Gasteiger partial charge < -0.3 is 32.5 Å². The van der Waals surface area contributed by atoms with Gasteiger partial charge in [-0.25, -0.2) is 4.79 Å². The molecule has 3 unspecified atom stereocenters. The summed E-state index contributed by atoms with van der Waals surface area (Å²) in [5.41, 5.74) is 10.2. The number of hydrogen-bond acceptors (Lipinski definition) is 8. The first kappa shape index (κ1) is 25.0. The van der Waals surface area contributed by atoms with Crippen LogP contribution in [-0.2, 0) is 24.0 Å². The van der Waals surface area contributed by atoms with Crippen molar-refractivity contribution in [1.82, 2.24) is 16.0 Å². The lowest BCUT2D eigenvalue weighted by Crippen LogP contribution is -2.57. The van der Waals surface area contributed by atoms with Gasteiger partial charge in [0.25, 0.3) is 0 Å². The number of amides is 4. The summed E-state index contributed by atoms with van der Waals surface area (Å²) in [5, 5.41) is 16.0. The van der Waals surface area contributed by atoms with E-state index in [1.165, 1.54) is 11.8 Å². The predicted molar refractivity (Wildman–Crippen MR) is 103 cm³/mol. The fraction of sp³-hybridized carbons (Fsp3) is 0.643. The van der Waals surface area contributed by atoms with Crippen molar-refractivity contribution in [2.24, 2.45) is 11.5 Å². The highest BCUT2D eigenvalue weighted by molar-refractivity contribution is 7.98. The molecule has 13 heteroatoms. The van der Waals surface area contributed by atoms with Gasteiger partial charge >= 0.3 is 5.97 Å². The molecule has 0 aliphatic heterocycles. The summed E-state index contributed by atoms with van der Waals surface area (Å²) in [7, 11) is 0. The Kier molecular flexibility index (Phi) is 12.2. The molecule has 0 aromatic rings. The lowest BCUT2D eigenvalue weighted by atomic mass is 10.1. The summed E-state index contributed by atoms with van der Waals surface area (Å²) in [6.07, 6.45) is 1.53. The molecule has 0 spiro atoms. The molecule has 4 amide bonds. The molecule has 0 heterocycles. The van der Waals surface area contributed by atoms with E-state index >= 15 is 0 Å². The Morgan fingerprint density at radius 3 is 2.04 bits per heavy atom. The van der Waals surface area contributed by atoms with E-state index in [-0.39, 0.29) is 12.3 Å². The number of aliphatic carboxylic acids is 1. The van der Waals surface area contributed by atoms with Crippen LogP contribution in [0.25, 0.3) is 0 Å². The van der Waals surface area contributed by atoms with E-state index in [0.717, 1.165) is 0 Å². The van der Waals surface area contributed by atoms with Crippen molar-refractivity contribution in [1.29, 1.82) is 0 Å². The van der Waals surface area contributed by atoms with Crippen LogP contribution in [0.4, 0.5) is 0 Å². The number of thiol groups is 1. The van der Waals surface area contributed by atoms with Crippen molar-refractivity contribution < 1.29 is 29.1 Å². The molecule has 0 rings (SSSR count). The van der Waals surface area contributed by atoms with Crippen molar-refractivity contribution in [2.45, 2.75) is 31.0 Å². The average Bonchev–Trinajstić information content (AvgIpc) is 2.61. The quantitative estimate of drug-likeness (QED) is 0.153. The summed E-state index contributed by atoms with van der Waals surface area (Å²) in [6.45, 7) is -0.299. The van der Waals surface area contributed by atoms with Crippen LogP contribution in [0, 0.1) is 0 Å². The molecule has 0 bridgehead atoms. The Bertz CT molecular complexity index is 562. The Balaban J connectivity index is 5.04. The van der Waals surface area contributed by atoms with E-state index in [0.29, 0.717) is 12.2 Å². The van der Waals surface area contributed by atoms with E-state index < -0.39 is 54.1 Å². The van der Waals surface area contributed by atoms with Crippen molar-refractivity contribution >= 4 is 54.0 Å². The third-order valence-electron chi connectivity index (χ3n) is 3.28. The molecule has 0 saturated heterocycles. The van der Waals surface area contributed by atoms with E-state index in [1.807, 2.05) is 6.26 Å². The molecule has 27 heavy (non-hydrogen) atoms. The zero-order chi connectivity index (χ0) is 21.0. The summed E-state index contributed by atoms with van der Waals surface area (Å²) >= 11 is 5.44. The van der Waals surface area contributed by atoms with Crippen LogP contribution in [0.15, 0.2) is 0 Å². The zero-order valence-electron chi connectivity index (χ0n) is 14.8. The Morgan fingerprint density at radius 2 is 1.59 bits per heavy atom. The molecule has 8 N–H and O–H groups in total. The van der Waals surface area contributed by atoms with Gasteiger partial charge in [0.05, 0.1) is 13.0 Å². The fourth-order valence-corrected chi connectivity index (χ4v) is 2.63. The van der Waals surface area contributed by atoms with Crippen molar-refractivity contribution in [3.05, 3.63) is 0 Å². The second-order valence-electron chi connectivity index (χ2n) is 5.42. The summed E-state index contributed by atoms with van der Waals surface area (Å²) in [5.74, 6) is -3.94. The second kappa shape index (κ2) is 13.2. The molecular weight excluding hydrogens is 398 g/mol. The van der Waals surface area contributed by atoms with Crippen molar-refractivity contribution in [3.8, 4) is 0 Å². The number of rotatable bonds is 13. The van der Waals surface area contributed by atoms with E-state index in [9.17, 15) is 24.0 Å². The van der Waals surface area contributed by atoms with E-state index in [4.69, 9.17) is 16.6 Å². The monoisotopic (exact) mass is 423 g/mol. The van der Waals surface area contributed by atoms with Gasteiger partial charge in [0.2, 0.25) is 23.6 Å². The van der Waals surface area contributed by atoms with E-state index in [1.54, 1.807) is 0 Å². The SMILES string of the molecule is CSCCC(NC(=O)CN)C(=O)NC(CS)C(=O)NC(CC(N)=O)C(=O)O. The van der Waals surface area contributed by atoms with Gasteiger partial charge in [-0.3, -0.25) is 19.2 Å². The molecule has 0 fully saturated rings. The van der Waals surface area contributed by atoms with E-state index in [2.05, 4.69) is 28.6 Å². The smallest absolute Gasteiger partial charge is 0.326 e. The van der Waals surface area contributed by atoms with Crippen LogP contribution in [0.3, 0.4) is 0 Å². The minimum Gasteiger partial charge on any atom is -0.480 e. The number of carboxylic acids is 1. The molecule has 154 valence electrons. The molecule has 3 atom stereocenters. The third-order valence-corrected chi connectivity index (χ3v) is 4.29. The lowest BCUT2D eigenvalue weighted by molar-refractivity contribution is -0.143. The standard InChI is InChI=1S/C14H25N5O6S2/c1-27-3-2-7(17-11(21)5-15)12(22)19-9(6-26)13(23)18-8(14(24)25)4-10(16)20/h7-9,26H,2-6,15H2,1H3,(H2,16,20)(H,17,21)(H,18,23)(H,19,22)(H,24,25). The molecular formula is C14H25N5O6S2. The van der Waals surface area contributed by atoms with Crippen molar-refractivity contribution in [3.63, 3.8) is 0 Å². The first-order valence-electron chi connectivity index (χ1n) is 7.87. The highest BCUT2D eigenvalue weighted by Gasteiger charge is 2.29. The van der Waals surface area contributed by atoms with Gasteiger partial charge in [0.1, 0.15) is 18.1 Å². The van der Waals surface area contributed by atoms with Gasteiger partial charge in [-0.2, -0.15) is 24.4 Å². The number of carboxylic acid groups (broad SMARTS) is 1. The number of nitrogens with two attached hydrogens (primary N) is 2. The largest absolute Gasteiger partial charge is 0.480 e. The highest BCUT2D eigenvalue weighted by atomic mass is 32.2. The number of nitrogens with one attached hydrogen (secondary N) is 3. The van der Waals surface area contributed by atoms with Crippen LogP contribution in [0.1, 0.15) is 12.8 Å². The maximum absolute atomic E-state index is 12.4. The van der Waals surface area contributed by atoms with Crippen LogP contribution in [-0.4, -0.2) is 77.1 Å². The van der Waals surface area contributed by atoms with Crippen LogP contribution in [0.5, 0.6) is 0 Å². The highest BCUT2D eigenvalue weighted by Crippen LogP contribution is 2.03. The van der Waals surface area contributed by atoms with Gasteiger partial charge in [0, 0.05) is 5.75 Å². The van der Waals surface area contributed by atoms with Crippen molar-refractivity contribution in [2.75, 3.05) is 24.3 Å². The molecule has 0 saturated carbocycles. The maximum atomic E-state index is 12.4. The minimum absolute atomic E-state index is 0.138. The third kappa shape index (κ3) is 10.1. The Hall–Kier alpha value is -1.99. The second-order valence-corrected chi connectivity index (χ2v) is 6.77. The molecule has 0 aromatic heterocycles. The van der Waals surface area contributed by atoms with Gasteiger partial charge in [0.15, 0.2) is 0 Å². The molecule has 0 radical (unpaired) electrons. The first-order valence-corrected chi connectivity index (χ1v) is 9.89. The molecule has 0 aliphatic rings. The summed E-state index contributed by atoms with van der Waals surface area (Å²) in [4.78, 5) is 58.1. The number of primary amides is 1. The maximum Gasteiger partial charge on any atom is 0.326 e. The molecule has 11 nitrogen and oxygen atoms in total.